The van der Waals surface area contributed by atoms with Gasteiger partial charge in [0.05, 0.1) is 24.7 Å². The molecule has 2 unspecified atom stereocenters. The molecule has 0 radical (unpaired) electrons. The molecule has 7 nitrogen and oxygen atoms in total. The second-order valence-electron chi connectivity index (χ2n) is 8.43. The fourth-order valence-corrected chi connectivity index (χ4v) is 4.21. The average molecular weight is 442 g/mol. The quantitative estimate of drug-likeness (QED) is 0.740. The van der Waals surface area contributed by atoms with Crippen molar-refractivity contribution >= 4 is 17.4 Å². The van der Waals surface area contributed by atoms with Crippen molar-refractivity contribution in [2.24, 2.45) is 11.7 Å². The summed E-state index contributed by atoms with van der Waals surface area (Å²) in [5.41, 5.74) is 5.98. The van der Waals surface area contributed by atoms with Gasteiger partial charge in [0, 0.05) is 36.8 Å². The number of Topliss-reactive ketones (excluding diaryl/α,β-unsaturated/α-hetero) is 1. The zero-order chi connectivity index (χ0) is 22.9. The number of ketones is 1. The third-order valence-corrected chi connectivity index (χ3v) is 6.14. The molecule has 0 bridgehead atoms. The van der Waals surface area contributed by atoms with Crippen LogP contribution in [0.15, 0.2) is 36.4 Å². The number of halogens is 1. The number of carbonyl (C=O) groups excluding carboxylic acids is 2. The van der Waals surface area contributed by atoms with E-state index >= 15 is 0 Å². The number of fused-ring (bicyclic) bond motifs is 1. The summed E-state index contributed by atoms with van der Waals surface area (Å²) in [4.78, 5) is 27.3. The van der Waals surface area contributed by atoms with E-state index in [-0.39, 0.29) is 24.6 Å². The first kappa shape index (κ1) is 22.1. The SMILES string of the molecule is Cc1c(F)cccc1OCC1(C)Oc2cc(N3CCOCC3)ccc2C(=O)C1CC(N)=O. The first-order valence-corrected chi connectivity index (χ1v) is 10.6. The van der Waals surface area contributed by atoms with Crippen molar-refractivity contribution in [3.05, 3.63) is 53.3 Å². The van der Waals surface area contributed by atoms with E-state index in [0.717, 1.165) is 18.8 Å². The van der Waals surface area contributed by atoms with Crippen molar-refractivity contribution < 1.29 is 28.2 Å². The predicted molar refractivity (Wildman–Crippen MR) is 117 cm³/mol. The minimum atomic E-state index is -1.17. The first-order chi connectivity index (χ1) is 15.3. The fraction of sp³-hybridized carbons (Fsp3) is 0.417. The molecule has 8 heteroatoms. The normalized spacial score (nSPS) is 22.8. The van der Waals surface area contributed by atoms with Crippen molar-refractivity contribution in [1.29, 1.82) is 0 Å². The molecule has 170 valence electrons. The van der Waals surface area contributed by atoms with Crippen LogP contribution in [0.25, 0.3) is 0 Å². The van der Waals surface area contributed by atoms with E-state index in [0.29, 0.717) is 35.8 Å². The third-order valence-electron chi connectivity index (χ3n) is 6.14. The highest BCUT2D eigenvalue weighted by molar-refractivity contribution is 6.04. The van der Waals surface area contributed by atoms with Crippen LogP contribution in [0.2, 0.25) is 0 Å². The Kier molecular flexibility index (Phi) is 6.06. The summed E-state index contributed by atoms with van der Waals surface area (Å²) >= 11 is 0. The Hall–Kier alpha value is -3.13. The molecule has 0 aliphatic carbocycles. The van der Waals surface area contributed by atoms with Crippen LogP contribution in [0.3, 0.4) is 0 Å². The average Bonchev–Trinajstić information content (AvgIpc) is 2.78. The first-order valence-electron chi connectivity index (χ1n) is 10.6. The summed E-state index contributed by atoms with van der Waals surface area (Å²) in [6.07, 6.45) is -0.175. The number of primary amides is 1. The van der Waals surface area contributed by atoms with Crippen LogP contribution in [0, 0.1) is 18.7 Å². The van der Waals surface area contributed by atoms with Crippen LogP contribution < -0.4 is 20.1 Å². The maximum atomic E-state index is 13.9. The van der Waals surface area contributed by atoms with Crippen molar-refractivity contribution in [3.63, 3.8) is 0 Å². The monoisotopic (exact) mass is 442 g/mol. The Morgan fingerprint density at radius 1 is 1.28 bits per heavy atom. The summed E-state index contributed by atoms with van der Waals surface area (Å²) in [6, 6.07) is 10.0. The van der Waals surface area contributed by atoms with Gasteiger partial charge in [-0.3, -0.25) is 9.59 Å². The van der Waals surface area contributed by atoms with E-state index in [1.54, 1.807) is 32.0 Å². The molecule has 1 saturated heterocycles. The minimum absolute atomic E-state index is 0.0534. The Morgan fingerprint density at radius 3 is 2.75 bits per heavy atom. The van der Waals surface area contributed by atoms with Crippen LogP contribution in [0.1, 0.15) is 29.3 Å². The van der Waals surface area contributed by atoms with Gasteiger partial charge in [-0.2, -0.15) is 0 Å². The van der Waals surface area contributed by atoms with Crippen molar-refractivity contribution in [1.82, 2.24) is 0 Å². The fourth-order valence-electron chi connectivity index (χ4n) is 4.21. The number of hydrogen-bond acceptors (Lipinski definition) is 6. The molecule has 4 rings (SSSR count). The number of amides is 1. The lowest BCUT2D eigenvalue weighted by molar-refractivity contribution is -0.121. The molecule has 0 saturated carbocycles. The summed E-state index contributed by atoms with van der Waals surface area (Å²) in [5, 5.41) is 0. The number of nitrogens with two attached hydrogens (primary N) is 1. The molecule has 2 aliphatic heterocycles. The Labute approximate surface area is 186 Å². The second kappa shape index (κ2) is 8.78. The minimum Gasteiger partial charge on any atom is -0.489 e. The molecule has 0 spiro atoms. The molecule has 0 aromatic heterocycles. The maximum Gasteiger partial charge on any atom is 0.218 e. The maximum absolute atomic E-state index is 13.9. The Morgan fingerprint density at radius 2 is 2.03 bits per heavy atom. The van der Waals surface area contributed by atoms with Gasteiger partial charge in [0.2, 0.25) is 5.91 Å². The van der Waals surface area contributed by atoms with Crippen LogP contribution in [-0.4, -0.2) is 50.2 Å². The molecule has 2 aromatic carbocycles. The van der Waals surface area contributed by atoms with Crippen LogP contribution in [-0.2, 0) is 9.53 Å². The van der Waals surface area contributed by atoms with E-state index in [1.165, 1.54) is 6.07 Å². The Balaban J connectivity index is 1.65. The Bertz CT molecular complexity index is 1040. The summed E-state index contributed by atoms with van der Waals surface area (Å²) in [6.45, 7) is 6.04. The van der Waals surface area contributed by atoms with Gasteiger partial charge in [-0.1, -0.05) is 6.07 Å². The molecule has 2 aromatic rings. The topological polar surface area (TPSA) is 91.1 Å². The lowest BCUT2D eigenvalue weighted by atomic mass is 9.78. The zero-order valence-corrected chi connectivity index (χ0v) is 18.2. The summed E-state index contributed by atoms with van der Waals surface area (Å²) < 4.78 is 31.5. The van der Waals surface area contributed by atoms with E-state index in [4.69, 9.17) is 19.9 Å². The zero-order valence-electron chi connectivity index (χ0n) is 18.2. The van der Waals surface area contributed by atoms with E-state index in [1.807, 2.05) is 12.1 Å². The van der Waals surface area contributed by atoms with Crippen LogP contribution >= 0.6 is 0 Å². The molecule has 2 atom stereocenters. The van der Waals surface area contributed by atoms with Crippen molar-refractivity contribution in [3.8, 4) is 11.5 Å². The molecule has 1 amide bonds. The van der Waals surface area contributed by atoms with Gasteiger partial charge >= 0.3 is 0 Å². The van der Waals surface area contributed by atoms with Crippen molar-refractivity contribution in [2.45, 2.75) is 25.9 Å². The van der Waals surface area contributed by atoms with Gasteiger partial charge in [-0.05, 0) is 38.1 Å². The third kappa shape index (κ3) is 4.27. The highest BCUT2D eigenvalue weighted by atomic mass is 19.1. The number of anilines is 1. The van der Waals surface area contributed by atoms with Crippen LogP contribution in [0.5, 0.6) is 11.5 Å². The largest absolute Gasteiger partial charge is 0.489 e. The van der Waals surface area contributed by atoms with Gasteiger partial charge in [-0.25, -0.2) is 4.39 Å². The molecular formula is C24H27FN2O5. The predicted octanol–water partition coefficient (Wildman–Crippen LogP) is 2.88. The smallest absolute Gasteiger partial charge is 0.218 e. The van der Waals surface area contributed by atoms with Gasteiger partial charge in [0.25, 0.3) is 0 Å². The van der Waals surface area contributed by atoms with E-state index in [9.17, 15) is 14.0 Å². The number of hydrogen-bond donors (Lipinski definition) is 1. The number of ether oxygens (including phenoxy) is 3. The molecular weight excluding hydrogens is 415 g/mol. The number of rotatable bonds is 6. The summed E-state index contributed by atoms with van der Waals surface area (Å²) in [5.74, 6) is -1.25. The van der Waals surface area contributed by atoms with Crippen molar-refractivity contribution in [2.75, 3.05) is 37.8 Å². The second-order valence-corrected chi connectivity index (χ2v) is 8.43. The highest BCUT2D eigenvalue weighted by Gasteiger charge is 2.48. The molecule has 32 heavy (non-hydrogen) atoms. The van der Waals surface area contributed by atoms with E-state index in [2.05, 4.69) is 4.90 Å². The molecule has 2 aliphatic rings. The van der Waals surface area contributed by atoms with Crippen LogP contribution in [0.4, 0.5) is 10.1 Å². The highest BCUT2D eigenvalue weighted by Crippen LogP contribution is 2.41. The summed E-state index contributed by atoms with van der Waals surface area (Å²) in [7, 11) is 0. The van der Waals surface area contributed by atoms with Gasteiger partial charge in [-0.15, -0.1) is 0 Å². The standard InChI is InChI=1S/C24H27FN2O5/c1-15-19(25)4-3-5-20(15)31-14-24(2)18(13-22(26)28)23(29)17-7-6-16(12-21(17)32-24)27-8-10-30-11-9-27/h3-7,12,18H,8-11,13-14H2,1-2H3,(H2,26,28). The number of morpholine rings is 1. The molecule has 1 fully saturated rings. The number of nitrogens with zero attached hydrogens (tertiary/aromatic N) is 1. The molecule has 2 heterocycles. The molecule has 2 N–H and O–H groups in total. The lowest BCUT2D eigenvalue weighted by Gasteiger charge is -2.41. The van der Waals surface area contributed by atoms with Gasteiger partial charge in [0.1, 0.15) is 23.9 Å². The van der Waals surface area contributed by atoms with Gasteiger partial charge in [0.15, 0.2) is 11.4 Å². The number of benzene rings is 2. The number of carbonyl (C=O) groups is 2. The van der Waals surface area contributed by atoms with E-state index < -0.39 is 17.4 Å². The van der Waals surface area contributed by atoms with Gasteiger partial charge < -0.3 is 24.8 Å². The lowest BCUT2D eigenvalue weighted by Crippen LogP contribution is -2.53.